The first-order valence-electron chi connectivity index (χ1n) is 7.55. The standard InChI is InChI=1S/C18H21ClO3Se2/c1-17(2,3)23-12-8-10(7-11-14(19)16(21)15(11)20)9-13(22-12)24-18(4,5)6/h7-9H,1-6H3. The predicted molar refractivity (Wildman–Crippen MR) is 103 cm³/mol. The Hall–Kier alpha value is -0.571. The monoisotopic (exact) mass is 480 g/mol. The summed E-state index contributed by atoms with van der Waals surface area (Å²) in [6.45, 7) is 13.1. The second-order valence-corrected chi connectivity index (χ2v) is 15.6. The van der Waals surface area contributed by atoms with Crippen LogP contribution in [0.4, 0.5) is 0 Å². The van der Waals surface area contributed by atoms with Crippen molar-refractivity contribution in [2.75, 3.05) is 0 Å². The van der Waals surface area contributed by atoms with Crippen molar-refractivity contribution in [1.82, 2.24) is 0 Å². The Kier molecular flexibility index (Phi) is 5.74. The van der Waals surface area contributed by atoms with Crippen molar-refractivity contribution in [3.8, 4) is 0 Å². The van der Waals surface area contributed by atoms with E-state index in [1.54, 1.807) is 6.08 Å². The van der Waals surface area contributed by atoms with E-state index < -0.39 is 10.9 Å². The number of ether oxygens (including phenoxy) is 1. The molecule has 2 rings (SSSR count). The predicted octanol–water partition coefficient (Wildman–Crippen LogP) is 3.88. The van der Waals surface area contributed by atoms with Crippen LogP contribution in [-0.4, -0.2) is 29.9 Å². The summed E-state index contributed by atoms with van der Waals surface area (Å²) in [5, 5.41) is 0.0338. The molecular formula is C18H21ClO3Se2. The second-order valence-electron chi connectivity index (χ2n) is 7.49. The molecule has 0 spiro atoms. The summed E-state index contributed by atoms with van der Waals surface area (Å²) in [6.07, 6.45) is 5.62. The Morgan fingerprint density at radius 3 is 1.75 bits per heavy atom. The molecule has 0 amide bonds. The van der Waals surface area contributed by atoms with Gasteiger partial charge in [-0.3, -0.25) is 0 Å². The van der Waals surface area contributed by atoms with Crippen LogP contribution in [-0.2, 0) is 4.74 Å². The molecule has 0 unspecified atom stereocenters. The third-order valence-corrected chi connectivity index (χ3v) is 7.41. The average molecular weight is 479 g/mol. The maximum absolute atomic E-state index is 11.7. The molecular weight excluding hydrogens is 458 g/mol. The Morgan fingerprint density at radius 1 is 0.917 bits per heavy atom. The number of allylic oxidation sites excluding steroid dienone is 3. The minimum atomic E-state index is -0.596. The van der Waals surface area contributed by atoms with Crippen molar-refractivity contribution in [1.29, 1.82) is 0 Å². The van der Waals surface area contributed by atoms with Crippen molar-refractivity contribution in [2.45, 2.75) is 50.2 Å². The van der Waals surface area contributed by atoms with Gasteiger partial charge in [0.15, 0.2) is 0 Å². The van der Waals surface area contributed by atoms with Crippen LogP contribution in [0.3, 0.4) is 0 Å². The summed E-state index contributed by atoms with van der Waals surface area (Å²) >= 11 is 6.19. The minimum absolute atomic E-state index is 0.0338. The van der Waals surface area contributed by atoms with E-state index in [1.165, 1.54) is 0 Å². The van der Waals surface area contributed by atoms with Crippen LogP contribution in [0, 0.1) is 0 Å². The molecule has 1 aromatic carbocycles. The summed E-state index contributed by atoms with van der Waals surface area (Å²) in [7, 11) is 0. The van der Waals surface area contributed by atoms with E-state index in [0.29, 0.717) is 5.56 Å². The van der Waals surface area contributed by atoms with Gasteiger partial charge in [0.05, 0.1) is 0 Å². The average Bonchev–Trinajstić information content (AvgIpc) is 2.39. The number of rotatable bonds is 3. The molecule has 6 heteroatoms. The van der Waals surface area contributed by atoms with E-state index in [-0.39, 0.29) is 43.6 Å². The van der Waals surface area contributed by atoms with Crippen molar-refractivity contribution in [3.63, 3.8) is 0 Å². The molecule has 3 nitrogen and oxygen atoms in total. The van der Waals surface area contributed by atoms with Crippen LogP contribution in [0.25, 0.3) is 6.08 Å². The first-order valence-corrected chi connectivity index (χ1v) is 11.4. The van der Waals surface area contributed by atoms with E-state index in [4.69, 9.17) is 16.3 Å². The van der Waals surface area contributed by atoms with Gasteiger partial charge in [-0.1, -0.05) is 0 Å². The summed E-state index contributed by atoms with van der Waals surface area (Å²) in [6, 6.07) is 0. The molecule has 0 bridgehead atoms. The fourth-order valence-electron chi connectivity index (χ4n) is 1.94. The molecule has 0 atom stereocenters. The van der Waals surface area contributed by atoms with Crippen molar-refractivity contribution in [3.05, 3.63) is 58.1 Å². The van der Waals surface area contributed by atoms with Gasteiger partial charge in [-0.2, -0.15) is 0 Å². The van der Waals surface area contributed by atoms with Crippen LogP contribution in [0.15, 0.2) is 36.6 Å². The summed E-state index contributed by atoms with van der Waals surface area (Å²) < 4.78 is 8.31. The molecule has 1 aliphatic heterocycles. The van der Waals surface area contributed by atoms with Crippen LogP contribution >= 0.6 is 11.6 Å². The third-order valence-electron chi connectivity index (χ3n) is 2.78. The topological polar surface area (TPSA) is 43.4 Å². The summed E-state index contributed by atoms with van der Waals surface area (Å²) in [5.41, 5.74) is 0.0714. The van der Waals surface area contributed by atoms with E-state index in [9.17, 15) is 9.59 Å². The Labute approximate surface area is 160 Å². The Bertz CT molecular complexity index is 777. The number of halogens is 1. The van der Waals surface area contributed by atoms with Gasteiger partial charge in [-0.25, -0.2) is 0 Å². The molecule has 0 aromatic heterocycles. The maximum atomic E-state index is 11.7. The van der Waals surface area contributed by atoms with E-state index in [2.05, 4.69) is 41.5 Å². The molecule has 1 aromatic rings. The van der Waals surface area contributed by atoms with E-state index in [1.807, 2.05) is 12.2 Å². The molecule has 130 valence electrons. The molecule has 0 saturated heterocycles. The summed E-state index contributed by atoms with van der Waals surface area (Å²) in [4.78, 5) is 23.0. The summed E-state index contributed by atoms with van der Waals surface area (Å²) in [5.74, 6) is 0. The van der Waals surface area contributed by atoms with Crippen LogP contribution in [0.2, 0.25) is 13.6 Å². The number of hydrogen-bond acceptors (Lipinski definition) is 3. The van der Waals surface area contributed by atoms with Gasteiger partial charge in [0.1, 0.15) is 0 Å². The van der Waals surface area contributed by atoms with Gasteiger partial charge >= 0.3 is 161 Å². The van der Waals surface area contributed by atoms with Gasteiger partial charge in [0.2, 0.25) is 0 Å². The fraction of sp³-hybridized carbons (Fsp3) is 0.444. The van der Waals surface area contributed by atoms with Gasteiger partial charge in [-0.05, 0) is 0 Å². The van der Waals surface area contributed by atoms with Crippen molar-refractivity contribution < 1.29 is 4.74 Å². The number of hydrogen-bond donors (Lipinski definition) is 0. The zero-order valence-electron chi connectivity index (χ0n) is 14.7. The normalized spacial score (nSPS) is 15.9. The first kappa shape index (κ1) is 19.7. The quantitative estimate of drug-likeness (QED) is 0.489. The Morgan fingerprint density at radius 2 is 1.38 bits per heavy atom. The molecule has 1 aliphatic rings. The molecule has 24 heavy (non-hydrogen) atoms. The van der Waals surface area contributed by atoms with Gasteiger partial charge < -0.3 is 0 Å². The molecule has 0 radical (unpaired) electrons. The van der Waals surface area contributed by atoms with Gasteiger partial charge in [-0.15, -0.1) is 0 Å². The zero-order valence-corrected chi connectivity index (χ0v) is 18.8. The third kappa shape index (κ3) is 5.21. The molecule has 0 saturated carbocycles. The molecule has 0 N–H and O–H groups in total. The molecule has 1 heterocycles. The van der Waals surface area contributed by atoms with E-state index >= 15 is 0 Å². The van der Waals surface area contributed by atoms with Crippen molar-refractivity contribution >= 4 is 47.6 Å². The van der Waals surface area contributed by atoms with Crippen LogP contribution in [0.5, 0.6) is 0 Å². The SMILES string of the molecule is CC(C)(C)[Se]C1=CC(=Cc2c(Cl)c(=O)c2=O)C=C([Se]C(C)(C)C)O1. The second kappa shape index (κ2) is 6.97. The Balaban J connectivity index is 2.39. The fourth-order valence-corrected chi connectivity index (χ4v) is 6.33. The zero-order chi connectivity index (χ0) is 18.3. The van der Waals surface area contributed by atoms with Crippen LogP contribution in [0.1, 0.15) is 47.1 Å². The molecule has 0 fully saturated rings. The first-order chi connectivity index (χ1) is 10.9. The van der Waals surface area contributed by atoms with Crippen LogP contribution < -0.4 is 10.9 Å². The van der Waals surface area contributed by atoms with Gasteiger partial charge in [0, 0.05) is 0 Å². The van der Waals surface area contributed by atoms with Crippen molar-refractivity contribution in [2.24, 2.45) is 0 Å². The molecule has 0 aliphatic carbocycles. The van der Waals surface area contributed by atoms with E-state index in [0.717, 1.165) is 14.9 Å². The van der Waals surface area contributed by atoms with Gasteiger partial charge in [0.25, 0.3) is 0 Å².